The number of hydrogen-bond donors (Lipinski definition) is 1. The average molecular weight is 1100 g/mol. The van der Waals surface area contributed by atoms with Gasteiger partial charge in [-0.3, -0.25) is 0 Å². The fraction of sp³-hybridized carbons (Fsp3) is 0.143. The molecule has 0 heterocycles. The van der Waals surface area contributed by atoms with E-state index < -0.39 is 82.3 Å². The molecule has 0 aromatic heterocycles. The molecule has 0 aliphatic carbocycles. The molecule has 0 saturated carbocycles. The van der Waals surface area contributed by atoms with Crippen LogP contribution in [-0.4, -0.2) is 49.5 Å². The summed E-state index contributed by atoms with van der Waals surface area (Å²) in [5.41, 5.74) is -13.1. The third-order valence-corrected chi connectivity index (χ3v) is 14.0. The van der Waals surface area contributed by atoms with E-state index in [4.69, 9.17) is 25.9 Å². The molecule has 0 unspecified atom stereocenters. The Hall–Kier alpha value is -3.37. The van der Waals surface area contributed by atoms with Crippen molar-refractivity contribution < 1.29 is 113 Å². The van der Waals surface area contributed by atoms with E-state index in [1.165, 1.54) is 12.1 Å². The monoisotopic (exact) mass is 1100 g/mol. The molecule has 364 valence electrons. The maximum atomic E-state index is 13.6. The van der Waals surface area contributed by atoms with Crippen LogP contribution >= 0.6 is 24.4 Å². The summed E-state index contributed by atoms with van der Waals surface area (Å²) in [7, 11) is -13.5. The quantitative estimate of drug-likeness (QED) is 0.0322. The van der Waals surface area contributed by atoms with Gasteiger partial charge in [-0.25, -0.2) is 21.2 Å². The third kappa shape index (κ3) is 19.4. The van der Waals surface area contributed by atoms with Crippen LogP contribution in [0.3, 0.4) is 0 Å². The van der Waals surface area contributed by atoms with Crippen molar-refractivity contribution in [2.45, 2.75) is 57.6 Å². The van der Waals surface area contributed by atoms with Gasteiger partial charge in [0.15, 0.2) is 49.6 Å². The fourth-order valence-electron chi connectivity index (χ4n) is 4.93. The molecule has 6 aromatic carbocycles. The van der Waals surface area contributed by atoms with Gasteiger partial charge in [0.05, 0.1) is 32.9 Å². The summed E-state index contributed by atoms with van der Waals surface area (Å²) < 4.78 is 211. The summed E-state index contributed by atoms with van der Waals surface area (Å²) in [5, 5.41) is 0. The van der Waals surface area contributed by atoms with E-state index in [9.17, 15) is 57.1 Å². The van der Waals surface area contributed by atoms with Gasteiger partial charge in [0.1, 0.15) is 5.82 Å². The molecule has 0 fully saturated rings. The van der Waals surface area contributed by atoms with Crippen molar-refractivity contribution in [2.24, 2.45) is 0 Å². The topological polar surface area (TPSA) is 114 Å². The molecule has 6 aromatic rings. The third-order valence-electron chi connectivity index (χ3n) is 7.67. The fourth-order valence-corrected chi connectivity index (χ4v) is 9.76. The molecular formula is C42H33F13NaO6S6+. The summed E-state index contributed by atoms with van der Waals surface area (Å²) in [6.45, 7) is 0. The number of alkyl halides is 12. The molecule has 26 heteroatoms. The SMILES string of the molecule is CS.CSc1ccc([S+](c2ccccc2)c2ccccc2)cc1C(F)(F)F.Fc1ccc([S+](c2ccccc2)c2ccccc2)cc1C(F)(F)F.O=S(=O)([O-])C(F)(F)F.O=S(=O)([O-])C(F)(F)F.[Na+]. The van der Waals surface area contributed by atoms with E-state index >= 15 is 0 Å². The average Bonchev–Trinajstić information content (AvgIpc) is 3.25. The summed E-state index contributed by atoms with van der Waals surface area (Å²) >= 11 is 4.65. The molecule has 0 N–H and O–H groups in total. The van der Waals surface area contributed by atoms with Crippen molar-refractivity contribution in [1.82, 2.24) is 0 Å². The molecular weight excluding hydrogens is 1060 g/mol. The van der Waals surface area contributed by atoms with Crippen molar-refractivity contribution in [1.29, 1.82) is 0 Å². The van der Waals surface area contributed by atoms with Crippen molar-refractivity contribution >= 4 is 66.4 Å². The molecule has 68 heavy (non-hydrogen) atoms. The zero-order valence-electron chi connectivity index (χ0n) is 34.9. The van der Waals surface area contributed by atoms with Crippen LogP contribution in [0.15, 0.2) is 192 Å². The molecule has 0 aliphatic heterocycles. The standard InChI is InChI=1S/C20H16F3S2.C19H13F4S.2CHF3O3S.CH4S.Na/c1-24-19-13-12-17(14-18(19)20(21,22)23)25(15-8-4-2-5-9-15)16-10-6-3-7-11-16;20-18-12-11-16(13-17(18)19(21,22)23)24(14-7-3-1-4-8-14)15-9-5-2-6-10-15;2*2-1(3,4)8(5,6)7;1-2;/h2-14H,1H3;1-13H;2*(H,5,6,7);2H,1H3;/q2*+1;;;;+1/p-2. The van der Waals surface area contributed by atoms with Gasteiger partial charge in [-0.05, 0) is 85.3 Å². The Bertz CT molecular complexity index is 2540. The van der Waals surface area contributed by atoms with E-state index in [0.29, 0.717) is 9.79 Å². The Kier molecular flexibility index (Phi) is 25.1. The zero-order valence-corrected chi connectivity index (χ0v) is 41.8. The number of hydrogen-bond acceptors (Lipinski definition) is 8. The summed E-state index contributed by atoms with van der Waals surface area (Å²) in [6, 6.07) is 45.8. The maximum absolute atomic E-state index is 13.6. The van der Waals surface area contributed by atoms with Gasteiger partial charge in [0, 0.05) is 17.0 Å². The minimum absolute atomic E-state index is 0. The van der Waals surface area contributed by atoms with Crippen LogP contribution in [0.1, 0.15) is 11.1 Å². The van der Waals surface area contributed by atoms with E-state index in [-0.39, 0.29) is 34.5 Å². The smallest absolute Gasteiger partial charge is 0.741 e. The molecule has 0 radical (unpaired) electrons. The van der Waals surface area contributed by atoms with Gasteiger partial charge in [-0.15, -0.1) is 11.8 Å². The Balaban J connectivity index is 0.000000499. The summed E-state index contributed by atoms with van der Waals surface area (Å²) in [4.78, 5) is 5.11. The van der Waals surface area contributed by atoms with E-state index in [1.807, 2.05) is 127 Å². The Morgan fingerprint density at radius 2 is 0.691 bits per heavy atom. The van der Waals surface area contributed by atoms with Gasteiger partial charge in [0.25, 0.3) is 0 Å². The van der Waals surface area contributed by atoms with Crippen LogP contribution in [0.2, 0.25) is 0 Å². The first-order chi connectivity index (χ1) is 31.0. The predicted octanol–water partition coefficient (Wildman–Crippen LogP) is 10.1. The molecule has 0 spiro atoms. The van der Waals surface area contributed by atoms with Gasteiger partial charge in [-0.1, -0.05) is 72.8 Å². The van der Waals surface area contributed by atoms with Crippen LogP contribution in [0, 0.1) is 5.82 Å². The van der Waals surface area contributed by atoms with E-state index in [2.05, 4.69) is 12.6 Å². The predicted molar refractivity (Wildman–Crippen MR) is 231 cm³/mol. The Morgan fingerprint density at radius 3 is 0.926 bits per heavy atom. The van der Waals surface area contributed by atoms with Crippen molar-refractivity contribution in [3.05, 3.63) is 175 Å². The van der Waals surface area contributed by atoms with E-state index in [0.717, 1.165) is 43.5 Å². The van der Waals surface area contributed by atoms with Gasteiger partial charge in [0.2, 0.25) is 0 Å². The normalized spacial score (nSPS) is 11.8. The first kappa shape index (κ1) is 62.6. The van der Waals surface area contributed by atoms with Crippen LogP contribution in [0.25, 0.3) is 0 Å². The van der Waals surface area contributed by atoms with Crippen LogP contribution < -0.4 is 29.6 Å². The number of thioether (sulfide) groups is 1. The number of halogens is 13. The zero-order chi connectivity index (χ0) is 51.0. The van der Waals surface area contributed by atoms with Crippen molar-refractivity contribution in [3.8, 4) is 0 Å². The minimum atomic E-state index is -6.09. The molecule has 6 nitrogen and oxygen atoms in total. The van der Waals surface area contributed by atoms with Gasteiger partial charge >= 0.3 is 52.9 Å². The van der Waals surface area contributed by atoms with Crippen LogP contribution in [-0.2, 0) is 54.4 Å². The van der Waals surface area contributed by atoms with Gasteiger partial charge < -0.3 is 9.11 Å². The molecule has 0 aliphatic rings. The number of thiol groups is 1. The van der Waals surface area contributed by atoms with Crippen molar-refractivity contribution in [2.75, 3.05) is 12.5 Å². The van der Waals surface area contributed by atoms with Gasteiger partial charge in [-0.2, -0.15) is 65.3 Å². The number of benzene rings is 6. The van der Waals surface area contributed by atoms with Crippen LogP contribution in [0.5, 0.6) is 0 Å². The molecule has 0 bridgehead atoms. The van der Waals surface area contributed by atoms with Crippen LogP contribution in [0.4, 0.5) is 57.1 Å². The molecule has 0 saturated heterocycles. The first-order valence-electron chi connectivity index (χ1n) is 17.8. The Morgan fingerprint density at radius 1 is 0.441 bits per heavy atom. The van der Waals surface area contributed by atoms with Crippen molar-refractivity contribution in [3.63, 3.8) is 0 Å². The second-order valence-electron chi connectivity index (χ2n) is 12.2. The second kappa shape index (κ2) is 27.3. The first-order valence-corrected chi connectivity index (χ1v) is 25.2. The second-order valence-corrected chi connectivity index (χ2v) is 19.8. The summed E-state index contributed by atoms with van der Waals surface area (Å²) in [5.74, 6) is -1.25. The molecule has 6 rings (SSSR count). The minimum Gasteiger partial charge on any atom is -0.741 e. The molecule has 0 amide bonds. The Labute approximate surface area is 420 Å². The largest absolute Gasteiger partial charge is 1.00 e. The molecule has 0 atom stereocenters. The summed E-state index contributed by atoms with van der Waals surface area (Å²) in [6.07, 6.45) is -5.72. The van der Waals surface area contributed by atoms with E-state index in [1.54, 1.807) is 18.6 Å². The number of rotatable bonds is 7. The maximum Gasteiger partial charge on any atom is 1.00 e.